The second kappa shape index (κ2) is 5.74. The van der Waals surface area contributed by atoms with E-state index in [1.165, 1.54) is 12.1 Å². The molecule has 1 N–H and O–H groups in total. The molecule has 0 fully saturated rings. The Morgan fingerprint density at radius 2 is 1.89 bits per heavy atom. The van der Waals surface area contributed by atoms with Crippen LogP contribution in [0.15, 0.2) is 42.6 Å². The molecule has 0 bridgehead atoms. The summed E-state index contributed by atoms with van der Waals surface area (Å²) in [7, 11) is 1.90. The number of aryl methyl sites for hydroxylation is 1. The van der Waals surface area contributed by atoms with Crippen molar-refractivity contribution in [3.63, 3.8) is 0 Å². The molecule has 1 aromatic carbocycles. The molecule has 1 heterocycles. The van der Waals surface area contributed by atoms with Crippen LogP contribution >= 0.6 is 0 Å². The summed E-state index contributed by atoms with van der Waals surface area (Å²) in [6.45, 7) is 2.02. The van der Waals surface area contributed by atoms with Crippen LogP contribution in [0.5, 0.6) is 0 Å². The maximum Gasteiger partial charge on any atom is 0.123 e. The largest absolute Gasteiger partial charge is 0.313 e. The van der Waals surface area contributed by atoms with E-state index in [1.54, 1.807) is 0 Å². The predicted molar refractivity (Wildman–Crippen MR) is 70.9 cm³/mol. The first-order valence-corrected chi connectivity index (χ1v) is 6.03. The minimum absolute atomic E-state index is 0.154. The van der Waals surface area contributed by atoms with Crippen LogP contribution < -0.4 is 5.32 Å². The molecule has 2 aromatic rings. The fraction of sp³-hybridized carbons (Fsp3) is 0.267. The summed E-state index contributed by atoms with van der Waals surface area (Å²) >= 11 is 0. The van der Waals surface area contributed by atoms with Gasteiger partial charge in [-0.1, -0.05) is 18.2 Å². The van der Waals surface area contributed by atoms with Gasteiger partial charge in [-0.2, -0.15) is 0 Å². The molecule has 1 aromatic heterocycles. The van der Waals surface area contributed by atoms with Crippen LogP contribution in [0.4, 0.5) is 4.39 Å². The number of hydrogen-bond acceptors (Lipinski definition) is 2. The van der Waals surface area contributed by atoms with Gasteiger partial charge in [0, 0.05) is 24.4 Å². The smallest absolute Gasteiger partial charge is 0.123 e. The molecular weight excluding hydrogens is 227 g/mol. The van der Waals surface area contributed by atoms with Gasteiger partial charge >= 0.3 is 0 Å². The lowest BCUT2D eigenvalue weighted by Crippen LogP contribution is -2.19. The van der Waals surface area contributed by atoms with Gasteiger partial charge in [0.05, 0.1) is 0 Å². The molecule has 2 rings (SSSR count). The Balaban J connectivity index is 2.14. The van der Waals surface area contributed by atoms with E-state index in [-0.39, 0.29) is 11.9 Å². The number of hydrogen-bond donors (Lipinski definition) is 1. The number of nitrogens with zero attached hydrogens (tertiary/aromatic N) is 1. The van der Waals surface area contributed by atoms with Crippen molar-refractivity contribution in [2.45, 2.75) is 19.4 Å². The molecule has 0 saturated heterocycles. The summed E-state index contributed by atoms with van der Waals surface area (Å²) in [5.41, 5.74) is 3.26. The molecular formula is C15H17FN2. The average Bonchev–Trinajstić information content (AvgIpc) is 2.39. The van der Waals surface area contributed by atoms with Gasteiger partial charge in [-0.25, -0.2) is 4.39 Å². The summed E-state index contributed by atoms with van der Waals surface area (Å²) < 4.78 is 12.9. The SMILES string of the molecule is CNC(Cc1ccc(C)cn1)c1ccc(F)cc1. The molecule has 0 radical (unpaired) electrons. The maximum atomic E-state index is 12.9. The Labute approximate surface area is 107 Å². The molecule has 0 amide bonds. The van der Waals surface area contributed by atoms with Gasteiger partial charge in [0.2, 0.25) is 0 Å². The van der Waals surface area contributed by atoms with Crippen molar-refractivity contribution in [3.05, 3.63) is 65.2 Å². The highest BCUT2D eigenvalue weighted by Crippen LogP contribution is 2.17. The predicted octanol–water partition coefficient (Wildman–Crippen LogP) is 3.03. The lowest BCUT2D eigenvalue weighted by atomic mass is 10.0. The Morgan fingerprint density at radius 1 is 1.17 bits per heavy atom. The minimum atomic E-state index is -0.206. The van der Waals surface area contributed by atoms with E-state index in [9.17, 15) is 4.39 Å². The van der Waals surface area contributed by atoms with Gasteiger partial charge in [-0.3, -0.25) is 4.98 Å². The molecule has 0 aliphatic rings. The molecule has 18 heavy (non-hydrogen) atoms. The third-order valence-corrected chi connectivity index (χ3v) is 3.01. The van der Waals surface area contributed by atoms with Gasteiger partial charge in [0.25, 0.3) is 0 Å². The molecule has 0 aliphatic carbocycles. The van der Waals surface area contributed by atoms with Crippen LogP contribution in [-0.2, 0) is 6.42 Å². The van der Waals surface area contributed by atoms with Gasteiger partial charge in [0.1, 0.15) is 5.82 Å². The van der Waals surface area contributed by atoms with E-state index >= 15 is 0 Å². The first-order chi connectivity index (χ1) is 8.69. The number of rotatable bonds is 4. The van der Waals surface area contributed by atoms with Gasteiger partial charge in [-0.15, -0.1) is 0 Å². The fourth-order valence-electron chi connectivity index (χ4n) is 1.91. The first kappa shape index (κ1) is 12.7. The normalized spacial score (nSPS) is 12.4. The van der Waals surface area contributed by atoms with Crippen LogP contribution in [-0.4, -0.2) is 12.0 Å². The maximum absolute atomic E-state index is 12.9. The monoisotopic (exact) mass is 244 g/mol. The standard InChI is InChI=1S/C15H17FN2/c1-11-3-8-14(18-10-11)9-15(17-2)12-4-6-13(16)7-5-12/h3-8,10,15,17H,9H2,1-2H3. The number of likely N-dealkylation sites (N-methyl/N-ethyl adjacent to an activating group) is 1. The molecule has 0 saturated carbocycles. The van der Waals surface area contributed by atoms with Gasteiger partial charge < -0.3 is 5.32 Å². The van der Waals surface area contributed by atoms with Crippen molar-refractivity contribution in [2.24, 2.45) is 0 Å². The Kier molecular flexibility index (Phi) is 4.05. The molecule has 2 nitrogen and oxygen atoms in total. The Morgan fingerprint density at radius 3 is 2.44 bits per heavy atom. The average molecular weight is 244 g/mol. The van der Waals surface area contributed by atoms with E-state index < -0.39 is 0 Å². The molecule has 0 aliphatic heterocycles. The topological polar surface area (TPSA) is 24.9 Å². The van der Waals surface area contributed by atoms with Crippen LogP contribution in [0.2, 0.25) is 0 Å². The van der Waals surface area contributed by atoms with Crippen molar-refractivity contribution >= 4 is 0 Å². The third-order valence-electron chi connectivity index (χ3n) is 3.01. The van der Waals surface area contributed by atoms with Crippen LogP contribution in [0.3, 0.4) is 0 Å². The molecule has 94 valence electrons. The summed E-state index contributed by atoms with van der Waals surface area (Å²) in [6.07, 6.45) is 2.66. The van der Waals surface area contributed by atoms with Crippen LogP contribution in [0, 0.1) is 12.7 Å². The fourth-order valence-corrected chi connectivity index (χ4v) is 1.91. The van der Waals surface area contributed by atoms with Gasteiger partial charge in [-0.05, 0) is 43.3 Å². The summed E-state index contributed by atoms with van der Waals surface area (Å²) in [4.78, 5) is 4.40. The lowest BCUT2D eigenvalue weighted by molar-refractivity contribution is 0.579. The van der Waals surface area contributed by atoms with E-state index in [1.807, 2.05) is 38.4 Å². The van der Waals surface area contributed by atoms with Crippen molar-refractivity contribution in [3.8, 4) is 0 Å². The number of benzene rings is 1. The molecule has 0 spiro atoms. The quantitative estimate of drug-likeness (QED) is 0.894. The third kappa shape index (κ3) is 3.14. The first-order valence-electron chi connectivity index (χ1n) is 6.03. The second-order valence-electron chi connectivity index (χ2n) is 4.42. The molecule has 1 atom stereocenters. The van der Waals surface area contributed by atoms with E-state index in [2.05, 4.69) is 16.4 Å². The van der Waals surface area contributed by atoms with E-state index in [0.717, 1.165) is 23.2 Å². The number of halogens is 1. The zero-order chi connectivity index (χ0) is 13.0. The summed E-state index contributed by atoms with van der Waals surface area (Å²) in [5.74, 6) is -0.206. The van der Waals surface area contributed by atoms with Crippen LogP contribution in [0.1, 0.15) is 22.9 Å². The Bertz CT molecular complexity index is 491. The molecule has 1 unspecified atom stereocenters. The van der Waals surface area contributed by atoms with Crippen LogP contribution in [0.25, 0.3) is 0 Å². The highest BCUT2D eigenvalue weighted by molar-refractivity contribution is 5.22. The minimum Gasteiger partial charge on any atom is -0.313 e. The van der Waals surface area contributed by atoms with Gasteiger partial charge in [0.15, 0.2) is 0 Å². The zero-order valence-corrected chi connectivity index (χ0v) is 10.7. The zero-order valence-electron chi connectivity index (χ0n) is 10.7. The number of aromatic nitrogens is 1. The van der Waals surface area contributed by atoms with E-state index in [4.69, 9.17) is 0 Å². The highest BCUT2D eigenvalue weighted by atomic mass is 19.1. The lowest BCUT2D eigenvalue weighted by Gasteiger charge is -2.16. The number of nitrogens with one attached hydrogen (secondary N) is 1. The molecule has 3 heteroatoms. The van der Waals surface area contributed by atoms with Crippen molar-refractivity contribution < 1.29 is 4.39 Å². The summed E-state index contributed by atoms with van der Waals surface area (Å²) in [5, 5.41) is 3.24. The highest BCUT2D eigenvalue weighted by Gasteiger charge is 2.10. The van der Waals surface area contributed by atoms with Crippen molar-refractivity contribution in [1.82, 2.24) is 10.3 Å². The second-order valence-corrected chi connectivity index (χ2v) is 4.42. The van der Waals surface area contributed by atoms with Crippen molar-refractivity contribution in [2.75, 3.05) is 7.05 Å². The van der Waals surface area contributed by atoms with E-state index in [0.29, 0.717) is 0 Å². The Hall–Kier alpha value is -1.74. The number of pyridine rings is 1. The van der Waals surface area contributed by atoms with Crippen molar-refractivity contribution in [1.29, 1.82) is 0 Å². The summed E-state index contributed by atoms with van der Waals surface area (Å²) in [6, 6.07) is 10.8.